The average Bonchev–Trinajstić information content (AvgIpc) is 1.65. The molecule has 0 amide bonds. The van der Waals surface area contributed by atoms with Gasteiger partial charge in [0, 0.05) is 6.92 Å². The van der Waals surface area contributed by atoms with Gasteiger partial charge in [-0.25, -0.2) is 4.79 Å². The van der Waals surface area contributed by atoms with Gasteiger partial charge in [0.25, 0.3) is 0 Å². The van der Waals surface area contributed by atoms with Crippen LogP contribution in [0.25, 0.3) is 0 Å². The van der Waals surface area contributed by atoms with Crippen molar-refractivity contribution in [3.8, 4) is 0 Å². The number of rotatable bonds is 1. The fourth-order valence-corrected chi connectivity index (χ4v) is 0.0830. The predicted molar refractivity (Wildman–Crippen MR) is 22.1 cm³/mol. The third kappa shape index (κ3) is 4.26. The Morgan fingerprint density at radius 3 is 2.00 bits per heavy atom. The van der Waals surface area contributed by atoms with Gasteiger partial charge in [-0.15, -0.1) is 0 Å². The topological polar surface area (TPSA) is 69.4 Å². The van der Waals surface area contributed by atoms with Gasteiger partial charge in [0.2, 0.25) is 5.78 Å². The summed E-state index contributed by atoms with van der Waals surface area (Å²) in [4.78, 5) is 23.2. The standard InChI is InChI=1S/C3H5NO3.Na.H/c1-2(5)3(6)7-4;;/h4H2,1H3;;/q;+1;-1. The first-order valence-electron chi connectivity index (χ1n) is 1.60. The number of hydrogen-bond donors (Lipinski definition) is 1. The minimum atomic E-state index is -1.01. The van der Waals surface area contributed by atoms with Crippen molar-refractivity contribution in [1.82, 2.24) is 0 Å². The molecule has 0 unspecified atom stereocenters. The van der Waals surface area contributed by atoms with E-state index in [-0.39, 0.29) is 31.0 Å². The van der Waals surface area contributed by atoms with E-state index in [0.717, 1.165) is 6.92 Å². The minimum absolute atomic E-state index is 0. The Hall–Kier alpha value is 0.1000. The SMILES string of the molecule is CC(=O)C(=O)ON.[H-].[Na+]. The molecule has 0 spiro atoms. The number of Topliss-reactive ketones (excluding diaryl/α,β-unsaturated/α-hetero) is 1. The van der Waals surface area contributed by atoms with Crippen LogP contribution in [0.1, 0.15) is 8.35 Å². The average molecular weight is 127 g/mol. The molecule has 0 heterocycles. The van der Waals surface area contributed by atoms with Crippen LogP contribution in [0, 0.1) is 0 Å². The Morgan fingerprint density at radius 2 is 2.00 bits per heavy atom. The first-order chi connectivity index (χ1) is 3.18. The van der Waals surface area contributed by atoms with E-state index < -0.39 is 11.8 Å². The maximum Gasteiger partial charge on any atom is 1.00 e. The molecule has 42 valence electrons. The Balaban J connectivity index is -0.000000180. The zero-order chi connectivity index (χ0) is 5.86. The Morgan fingerprint density at radius 1 is 1.62 bits per heavy atom. The number of carbonyl (C=O) groups excluding carboxylic acids is 2. The molecule has 0 saturated heterocycles. The fraction of sp³-hybridized carbons (Fsp3) is 0.333. The van der Waals surface area contributed by atoms with Gasteiger partial charge in [0.05, 0.1) is 0 Å². The van der Waals surface area contributed by atoms with E-state index in [9.17, 15) is 9.59 Å². The molecule has 0 saturated carbocycles. The predicted octanol–water partition coefficient (Wildman–Crippen LogP) is -3.89. The number of ketones is 1. The monoisotopic (exact) mass is 127 g/mol. The maximum absolute atomic E-state index is 9.82. The summed E-state index contributed by atoms with van der Waals surface area (Å²) < 4.78 is 0. The van der Waals surface area contributed by atoms with Gasteiger partial charge in [-0.3, -0.25) is 4.79 Å². The van der Waals surface area contributed by atoms with Gasteiger partial charge in [0.15, 0.2) is 0 Å². The van der Waals surface area contributed by atoms with E-state index in [1.165, 1.54) is 0 Å². The van der Waals surface area contributed by atoms with Gasteiger partial charge < -0.3 is 6.26 Å². The number of carbonyl (C=O) groups is 2. The van der Waals surface area contributed by atoms with Crippen molar-refractivity contribution in [3.05, 3.63) is 0 Å². The summed E-state index contributed by atoms with van der Waals surface area (Å²) in [6.45, 7) is 1.08. The molecule has 0 aromatic rings. The van der Waals surface area contributed by atoms with E-state index in [2.05, 4.69) is 10.7 Å². The molecule has 0 aliphatic carbocycles. The van der Waals surface area contributed by atoms with Crippen LogP contribution in [0.2, 0.25) is 0 Å². The third-order valence-electron chi connectivity index (χ3n) is 0.394. The van der Waals surface area contributed by atoms with Crippen molar-refractivity contribution in [2.75, 3.05) is 0 Å². The third-order valence-corrected chi connectivity index (χ3v) is 0.394. The molecule has 0 fully saturated rings. The van der Waals surface area contributed by atoms with Crippen molar-refractivity contribution in [1.29, 1.82) is 0 Å². The Kier molecular flexibility index (Phi) is 7.19. The van der Waals surface area contributed by atoms with E-state index >= 15 is 0 Å². The molecule has 0 rings (SSSR count). The normalized spacial score (nSPS) is 6.75. The van der Waals surface area contributed by atoms with Crippen LogP contribution in [-0.2, 0) is 14.4 Å². The summed E-state index contributed by atoms with van der Waals surface area (Å²) in [5, 5.41) is 0. The summed E-state index contributed by atoms with van der Waals surface area (Å²) in [5.41, 5.74) is 0. The summed E-state index contributed by atoms with van der Waals surface area (Å²) >= 11 is 0. The van der Waals surface area contributed by atoms with Crippen LogP contribution in [0.15, 0.2) is 0 Å². The van der Waals surface area contributed by atoms with Crippen LogP contribution in [0.5, 0.6) is 0 Å². The molecule has 0 bridgehead atoms. The second-order valence-corrected chi connectivity index (χ2v) is 0.961. The van der Waals surface area contributed by atoms with E-state index in [4.69, 9.17) is 0 Å². The smallest absolute Gasteiger partial charge is 1.00 e. The molecule has 0 aromatic heterocycles. The second-order valence-electron chi connectivity index (χ2n) is 0.961. The second kappa shape index (κ2) is 5.24. The van der Waals surface area contributed by atoms with Gasteiger partial charge in [-0.2, -0.15) is 5.90 Å². The molecule has 0 aliphatic rings. The zero-order valence-corrected chi connectivity index (χ0v) is 6.80. The maximum atomic E-state index is 9.82. The van der Waals surface area contributed by atoms with Crippen LogP contribution in [0.4, 0.5) is 0 Å². The summed E-state index contributed by atoms with van der Waals surface area (Å²) in [5.74, 6) is 2.60. The van der Waals surface area contributed by atoms with Crippen molar-refractivity contribution in [2.45, 2.75) is 6.92 Å². The molecule has 8 heavy (non-hydrogen) atoms. The van der Waals surface area contributed by atoms with E-state index in [0.29, 0.717) is 0 Å². The molecular weight excluding hydrogens is 121 g/mol. The van der Waals surface area contributed by atoms with Crippen molar-refractivity contribution in [3.63, 3.8) is 0 Å². The Bertz CT molecular complexity index is 107. The first kappa shape index (κ1) is 11.0. The fourth-order valence-electron chi connectivity index (χ4n) is 0.0830. The van der Waals surface area contributed by atoms with E-state index in [1.807, 2.05) is 0 Å². The van der Waals surface area contributed by atoms with Crippen molar-refractivity contribution >= 4 is 11.8 Å². The van der Waals surface area contributed by atoms with Crippen molar-refractivity contribution < 1.29 is 45.4 Å². The summed E-state index contributed by atoms with van der Waals surface area (Å²) in [7, 11) is 0. The summed E-state index contributed by atoms with van der Waals surface area (Å²) in [6, 6.07) is 0. The number of hydrogen-bond acceptors (Lipinski definition) is 4. The zero-order valence-electron chi connectivity index (χ0n) is 5.80. The van der Waals surface area contributed by atoms with Crippen LogP contribution < -0.4 is 35.5 Å². The first-order valence-corrected chi connectivity index (χ1v) is 1.60. The van der Waals surface area contributed by atoms with Gasteiger partial charge in [-0.05, 0) is 0 Å². The van der Waals surface area contributed by atoms with Crippen LogP contribution in [0.3, 0.4) is 0 Å². The molecule has 5 heteroatoms. The molecule has 2 N–H and O–H groups in total. The summed E-state index contributed by atoms with van der Waals surface area (Å²) in [6.07, 6.45) is 0. The van der Waals surface area contributed by atoms with E-state index in [1.54, 1.807) is 0 Å². The van der Waals surface area contributed by atoms with Gasteiger partial charge in [-0.1, -0.05) is 0 Å². The van der Waals surface area contributed by atoms with Crippen molar-refractivity contribution in [2.24, 2.45) is 5.90 Å². The minimum Gasteiger partial charge on any atom is -1.00 e. The van der Waals surface area contributed by atoms with Crippen LogP contribution >= 0.6 is 0 Å². The van der Waals surface area contributed by atoms with Crippen LogP contribution in [-0.4, -0.2) is 11.8 Å². The largest absolute Gasteiger partial charge is 1.00 e. The quantitative estimate of drug-likeness (QED) is 0.222. The molecular formula is C3H6NNaO3. The van der Waals surface area contributed by atoms with Gasteiger partial charge >= 0.3 is 35.5 Å². The molecule has 0 aromatic carbocycles. The molecule has 0 radical (unpaired) electrons. The Labute approximate surface area is 70.1 Å². The number of nitrogens with two attached hydrogens (primary N) is 1. The molecule has 4 nitrogen and oxygen atoms in total. The van der Waals surface area contributed by atoms with Gasteiger partial charge in [0.1, 0.15) is 0 Å². The molecule has 0 aliphatic heterocycles. The molecule has 0 atom stereocenters.